The van der Waals surface area contributed by atoms with Gasteiger partial charge in [-0.25, -0.2) is 0 Å². The summed E-state index contributed by atoms with van der Waals surface area (Å²) in [7, 11) is -6.27. The van der Waals surface area contributed by atoms with Crippen molar-refractivity contribution in [2.75, 3.05) is 0 Å². The minimum absolute atomic E-state index is 0.132. The fraction of sp³-hybridized carbons (Fsp3) is 0.200. The molecule has 0 spiro atoms. The van der Waals surface area contributed by atoms with Gasteiger partial charge in [0.1, 0.15) is 0 Å². The summed E-state index contributed by atoms with van der Waals surface area (Å²) < 4.78 is 96.6. The molecule has 0 aliphatic heterocycles. The standard InChI is InChI=1S/C10H9F5O4S.C10H6O2/c11-9(12,13)8(10(14,15)20(16,17)18)19-6-7-4-2-1-3-5-7;11-9-6-5-7-3-1-2-4-8(7)10(9)12/h1-5,8H,6H2,(H,16,17,18);1-6H. The average Bonchev–Trinajstić information content (AvgIpc) is 2.70. The Hall–Kier alpha value is -2.96. The highest BCUT2D eigenvalue weighted by Crippen LogP contribution is 2.38. The van der Waals surface area contributed by atoms with Crippen molar-refractivity contribution in [3.05, 3.63) is 77.4 Å². The Morgan fingerprint density at radius 1 is 0.875 bits per heavy atom. The van der Waals surface area contributed by atoms with E-state index in [9.17, 15) is 40.0 Å². The number of halogens is 5. The maximum Gasteiger partial charge on any atom is 0.421 e. The monoisotopic (exact) mass is 478 g/mol. The molecule has 0 radical (unpaired) electrons. The van der Waals surface area contributed by atoms with Crippen LogP contribution in [0, 0.1) is 0 Å². The largest absolute Gasteiger partial charge is 0.421 e. The maximum absolute atomic E-state index is 13.1. The highest BCUT2D eigenvalue weighted by atomic mass is 32.2. The van der Waals surface area contributed by atoms with Crippen molar-refractivity contribution < 1.29 is 49.2 Å². The number of Topliss-reactive ketones (excluding diaryl/α,β-unsaturated/α-hetero) is 1. The van der Waals surface area contributed by atoms with Gasteiger partial charge < -0.3 is 4.74 Å². The summed E-state index contributed by atoms with van der Waals surface area (Å²) in [5, 5.41) is -5.50. The van der Waals surface area contributed by atoms with Crippen LogP contribution < -0.4 is 0 Å². The molecule has 0 heterocycles. The van der Waals surface area contributed by atoms with E-state index < -0.39 is 45.8 Å². The first-order valence-corrected chi connectivity index (χ1v) is 10.1. The topological polar surface area (TPSA) is 97.7 Å². The molecule has 1 atom stereocenters. The zero-order chi connectivity index (χ0) is 24.2. The third-order valence-electron chi connectivity index (χ3n) is 4.05. The predicted octanol–water partition coefficient (Wildman–Crippen LogP) is 4.08. The molecule has 1 aliphatic rings. The van der Waals surface area contributed by atoms with Crippen molar-refractivity contribution >= 4 is 27.8 Å². The number of fused-ring (bicyclic) bond motifs is 1. The summed E-state index contributed by atoms with van der Waals surface area (Å²) in [6, 6.07) is 14.1. The van der Waals surface area contributed by atoms with Crippen LogP contribution in [0.1, 0.15) is 21.5 Å². The number of ketones is 2. The number of alkyl halides is 5. The first-order valence-electron chi connectivity index (χ1n) is 8.68. The van der Waals surface area contributed by atoms with Gasteiger partial charge in [0.05, 0.1) is 6.61 Å². The van der Waals surface area contributed by atoms with Crippen molar-refractivity contribution in [1.29, 1.82) is 0 Å². The predicted molar refractivity (Wildman–Crippen MR) is 102 cm³/mol. The maximum atomic E-state index is 13.1. The molecule has 1 unspecified atom stereocenters. The van der Waals surface area contributed by atoms with Crippen LogP contribution >= 0.6 is 0 Å². The van der Waals surface area contributed by atoms with Gasteiger partial charge in [-0.05, 0) is 17.2 Å². The van der Waals surface area contributed by atoms with Crippen molar-refractivity contribution in [3.8, 4) is 0 Å². The molecule has 0 bridgehead atoms. The second-order valence-electron chi connectivity index (χ2n) is 6.37. The zero-order valence-corrected chi connectivity index (χ0v) is 16.7. The Morgan fingerprint density at radius 3 is 2.00 bits per heavy atom. The lowest BCUT2D eigenvalue weighted by molar-refractivity contribution is -0.267. The van der Waals surface area contributed by atoms with Crippen LogP contribution in [0.2, 0.25) is 0 Å². The number of ether oxygens (including phenoxy) is 1. The molecule has 0 saturated carbocycles. The SMILES string of the molecule is O=C1C=Cc2ccccc2C1=O.O=S(=O)(O)C(F)(F)C(OCc1ccccc1)C(F)(F)F. The molecule has 1 aliphatic carbocycles. The number of benzene rings is 2. The van der Waals surface area contributed by atoms with Crippen molar-refractivity contribution in [2.45, 2.75) is 24.1 Å². The molecule has 12 heteroatoms. The first kappa shape index (κ1) is 25.3. The third kappa shape index (κ3) is 6.05. The van der Waals surface area contributed by atoms with Gasteiger partial charge in [0.2, 0.25) is 17.7 Å². The average molecular weight is 478 g/mol. The minimum atomic E-state index is -6.27. The molecular formula is C20H15F5O6S. The van der Waals surface area contributed by atoms with Crippen molar-refractivity contribution in [1.82, 2.24) is 0 Å². The fourth-order valence-corrected chi connectivity index (χ4v) is 2.97. The summed E-state index contributed by atoms with van der Waals surface area (Å²) >= 11 is 0. The van der Waals surface area contributed by atoms with Crippen molar-refractivity contribution in [3.63, 3.8) is 0 Å². The molecule has 1 N–H and O–H groups in total. The summed E-state index contributed by atoms with van der Waals surface area (Å²) in [6.45, 7) is -0.893. The van der Waals surface area contributed by atoms with E-state index in [0.29, 0.717) is 5.56 Å². The number of hydrogen-bond acceptors (Lipinski definition) is 5. The number of carbonyl (C=O) groups excluding carboxylic acids is 2. The fourth-order valence-electron chi connectivity index (χ4n) is 2.49. The van der Waals surface area contributed by atoms with Crippen LogP contribution in [0.25, 0.3) is 6.08 Å². The Balaban J connectivity index is 0.000000255. The van der Waals surface area contributed by atoms with Crippen LogP contribution in [0.3, 0.4) is 0 Å². The van der Waals surface area contributed by atoms with E-state index >= 15 is 0 Å². The zero-order valence-electron chi connectivity index (χ0n) is 15.9. The number of allylic oxidation sites excluding steroid dienone is 1. The summed E-state index contributed by atoms with van der Waals surface area (Å²) in [5.41, 5.74) is 1.46. The molecule has 172 valence electrons. The molecule has 6 nitrogen and oxygen atoms in total. The van der Waals surface area contributed by atoms with Gasteiger partial charge in [0, 0.05) is 5.56 Å². The lowest BCUT2D eigenvalue weighted by atomic mass is 9.96. The smallest absolute Gasteiger partial charge is 0.357 e. The highest BCUT2D eigenvalue weighted by Gasteiger charge is 2.64. The molecule has 32 heavy (non-hydrogen) atoms. The molecule has 0 fully saturated rings. The molecule has 3 rings (SSSR count). The minimum Gasteiger partial charge on any atom is -0.357 e. The third-order valence-corrected chi connectivity index (χ3v) is 4.95. The molecule has 2 aromatic carbocycles. The van der Waals surface area contributed by atoms with E-state index in [2.05, 4.69) is 4.74 Å². The molecular weight excluding hydrogens is 463 g/mol. The van der Waals surface area contributed by atoms with Gasteiger partial charge in [-0.1, -0.05) is 60.7 Å². The van der Waals surface area contributed by atoms with Crippen LogP contribution in [0.5, 0.6) is 0 Å². The molecule has 0 amide bonds. The molecule has 2 aromatic rings. The van der Waals surface area contributed by atoms with E-state index in [0.717, 1.165) is 5.56 Å². The van der Waals surface area contributed by atoms with E-state index in [1.54, 1.807) is 18.2 Å². The number of hydrogen-bond donors (Lipinski definition) is 1. The lowest BCUT2D eigenvalue weighted by Gasteiger charge is -2.26. The van der Waals surface area contributed by atoms with Crippen LogP contribution in [-0.2, 0) is 26.3 Å². The van der Waals surface area contributed by atoms with E-state index in [1.807, 2.05) is 12.1 Å². The first-order chi connectivity index (χ1) is 14.7. The van der Waals surface area contributed by atoms with E-state index in [1.165, 1.54) is 36.4 Å². The quantitative estimate of drug-likeness (QED) is 0.395. The summed E-state index contributed by atoms with van der Waals surface area (Å²) in [5.74, 6) is -0.846. The van der Waals surface area contributed by atoms with Gasteiger partial charge >= 0.3 is 21.5 Å². The number of carbonyl (C=O) groups is 2. The Bertz CT molecular complexity index is 1110. The Kier molecular flexibility index (Phi) is 7.65. The van der Waals surface area contributed by atoms with Gasteiger partial charge in [0.15, 0.2) is 0 Å². The van der Waals surface area contributed by atoms with Crippen LogP contribution in [0.4, 0.5) is 22.0 Å². The van der Waals surface area contributed by atoms with Crippen molar-refractivity contribution in [2.24, 2.45) is 0 Å². The summed E-state index contributed by atoms with van der Waals surface area (Å²) in [6.07, 6.45) is -6.66. The van der Waals surface area contributed by atoms with Gasteiger partial charge in [0.25, 0.3) is 0 Å². The van der Waals surface area contributed by atoms with Crippen LogP contribution in [-0.4, -0.2) is 42.1 Å². The molecule has 0 saturated heterocycles. The Labute approximate surface area is 179 Å². The van der Waals surface area contributed by atoms with Gasteiger partial charge in [-0.3, -0.25) is 14.1 Å². The van der Waals surface area contributed by atoms with Gasteiger partial charge in [-0.2, -0.15) is 30.4 Å². The second kappa shape index (κ2) is 9.67. The normalized spacial score (nSPS) is 14.9. The highest BCUT2D eigenvalue weighted by molar-refractivity contribution is 7.86. The van der Waals surface area contributed by atoms with Gasteiger partial charge in [-0.15, -0.1) is 0 Å². The van der Waals surface area contributed by atoms with E-state index in [-0.39, 0.29) is 5.56 Å². The molecule has 0 aromatic heterocycles. The second-order valence-corrected chi connectivity index (χ2v) is 7.86. The lowest BCUT2D eigenvalue weighted by Crippen LogP contribution is -2.51. The van der Waals surface area contributed by atoms with E-state index in [4.69, 9.17) is 4.55 Å². The van der Waals surface area contributed by atoms with Crippen LogP contribution in [0.15, 0.2) is 60.7 Å². The Morgan fingerprint density at radius 2 is 1.44 bits per heavy atom. The summed E-state index contributed by atoms with van der Waals surface area (Å²) in [4.78, 5) is 22.1. The number of rotatable bonds is 5.